The quantitative estimate of drug-likeness (QED) is 0.731. The van der Waals surface area contributed by atoms with Crippen LogP contribution in [0.1, 0.15) is 30.9 Å². The SMILES string of the molecule is Cc1ccc(C(C)C)c(OCC(=O)NNC(=O)COc2ccc(F)cc2)c1. The van der Waals surface area contributed by atoms with E-state index < -0.39 is 17.6 Å². The molecule has 2 amide bonds. The van der Waals surface area contributed by atoms with Crippen molar-refractivity contribution in [3.63, 3.8) is 0 Å². The lowest BCUT2D eigenvalue weighted by Crippen LogP contribution is -2.45. The first kappa shape index (κ1) is 20.2. The first-order valence-electron chi connectivity index (χ1n) is 8.54. The molecular weight excluding hydrogens is 351 g/mol. The summed E-state index contributed by atoms with van der Waals surface area (Å²) in [5, 5.41) is 0. The summed E-state index contributed by atoms with van der Waals surface area (Å²) < 4.78 is 23.5. The van der Waals surface area contributed by atoms with E-state index in [1.807, 2.05) is 39.0 Å². The van der Waals surface area contributed by atoms with Crippen molar-refractivity contribution >= 4 is 11.8 Å². The van der Waals surface area contributed by atoms with Gasteiger partial charge in [-0.15, -0.1) is 0 Å². The molecule has 0 aromatic heterocycles. The van der Waals surface area contributed by atoms with Crippen LogP contribution in [0.15, 0.2) is 42.5 Å². The second-order valence-electron chi connectivity index (χ2n) is 6.32. The standard InChI is InChI=1S/C20H23FN2O4/c1-13(2)17-9-4-14(3)10-18(17)27-12-20(25)23-22-19(24)11-26-16-7-5-15(21)6-8-16/h4-10,13H,11-12H2,1-3H3,(H,22,24)(H,23,25). The maximum absolute atomic E-state index is 12.8. The van der Waals surface area contributed by atoms with E-state index in [0.29, 0.717) is 11.5 Å². The van der Waals surface area contributed by atoms with Crippen molar-refractivity contribution in [2.45, 2.75) is 26.7 Å². The Balaban J connectivity index is 1.75. The first-order chi connectivity index (χ1) is 12.8. The number of nitrogens with one attached hydrogen (secondary N) is 2. The monoisotopic (exact) mass is 374 g/mol. The van der Waals surface area contributed by atoms with Crippen LogP contribution in [-0.4, -0.2) is 25.0 Å². The predicted octanol–water partition coefficient (Wildman–Crippen LogP) is 2.86. The largest absolute Gasteiger partial charge is 0.484 e. The summed E-state index contributed by atoms with van der Waals surface area (Å²) in [6.07, 6.45) is 0. The molecular formula is C20H23FN2O4. The zero-order valence-electron chi connectivity index (χ0n) is 15.5. The van der Waals surface area contributed by atoms with Crippen LogP contribution in [0.25, 0.3) is 0 Å². The second kappa shape index (κ2) is 9.56. The average molecular weight is 374 g/mol. The van der Waals surface area contributed by atoms with E-state index in [1.165, 1.54) is 24.3 Å². The van der Waals surface area contributed by atoms with Gasteiger partial charge in [-0.3, -0.25) is 20.4 Å². The fraction of sp³-hybridized carbons (Fsp3) is 0.300. The number of rotatable bonds is 7. The summed E-state index contributed by atoms with van der Waals surface area (Å²) in [5.74, 6) is -0.194. The lowest BCUT2D eigenvalue weighted by Gasteiger charge is -2.15. The molecule has 0 spiro atoms. The minimum atomic E-state index is -0.550. The average Bonchev–Trinajstić information content (AvgIpc) is 2.64. The number of benzene rings is 2. The van der Waals surface area contributed by atoms with E-state index in [0.717, 1.165) is 11.1 Å². The molecule has 0 aliphatic heterocycles. The Kier molecular flexibility index (Phi) is 7.16. The van der Waals surface area contributed by atoms with Crippen molar-refractivity contribution in [2.24, 2.45) is 0 Å². The number of aryl methyl sites for hydroxylation is 1. The normalized spacial score (nSPS) is 10.4. The fourth-order valence-electron chi connectivity index (χ4n) is 2.28. The number of amides is 2. The zero-order valence-corrected chi connectivity index (χ0v) is 15.5. The van der Waals surface area contributed by atoms with Crippen molar-refractivity contribution in [1.82, 2.24) is 10.9 Å². The van der Waals surface area contributed by atoms with Crippen LogP contribution in [-0.2, 0) is 9.59 Å². The Morgan fingerprint density at radius 1 is 0.963 bits per heavy atom. The van der Waals surface area contributed by atoms with Crippen LogP contribution in [0.5, 0.6) is 11.5 Å². The van der Waals surface area contributed by atoms with Gasteiger partial charge >= 0.3 is 0 Å². The molecule has 0 saturated heterocycles. The topological polar surface area (TPSA) is 76.7 Å². The van der Waals surface area contributed by atoms with E-state index in [9.17, 15) is 14.0 Å². The minimum Gasteiger partial charge on any atom is -0.484 e. The highest BCUT2D eigenvalue weighted by molar-refractivity contribution is 5.83. The smallest absolute Gasteiger partial charge is 0.276 e. The number of hydrogen-bond acceptors (Lipinski definition) is 4. The molecule has 2 aromatic carbocycles. The molecule has 27 heavy (non-hydrogen) atoms. The third kappa shape index (κ3) is 6.62. The van der Waals surface area contributed by atoms with Crippen LogP contribution in [0, 0.1) is 12.7 Å². The highest BCUT2D eigenvalue weighted by Crippen LogP contribution is 2.27. The van der Waals surface area contributed by atoms with Gasteiger partial charge in [0.25, 0.3) is 11.8 Å². The number of hydrazine groups is 1. The molecule has 0 aliphatic carbocycles. The number of ether oxygens (including phenoxy) is 2. The minimum absolute atomic E-state index is 0.234. The molecule has 0 radical (unpaired) electrons. The fourth-order valence-corrected chi connectivity index (χ4v) is 2.28. The van der Waals surface area contributed by atoms with Crippen LogP contribution in [0.4, 0.5) is 4.39 Å². The highest BCUT2D eigenvalue weighted by atomic mass is 19.1. The molecule has 0 heterocycles. The summed E-state index contributed by atoms with van der Waals surface area (Å²) in [4.78, 5) is 23.5. The van der Waals surface area contributed by atoms with E-state index in [4.69, 9.17) is 9.47 Å². The lowest BCUT2D eigenvalue weighted by atomic mass is 10.0. The van der Waals surface area contributed by atoms with Crippen LogP contribution >= 0.6 is 0 Å². The number of carbonyl (C=O) groups excluding carboxylic acids is 2. The van der Waals surface area contributed by atoms with Crippen molar-refractivity contribution < 1.29 is 23.5 Å². The van der Waals surface area contributed by atoms with E-state index in [1.54, 1.807) is 0 Å². The molecule has 0 bridgehead atoms. The molecule has 2 N–H and O–H groups in total. The molecule has 0 saturated carbocycles. The van der Waals surface area contributed by atoms with Gasteiger partial charge in [0.05, 0.1) is 0 Å². The molecule has 0 atom stereocenters. The van der Waals surface area contributed by atoms with Gasteiger partial charge in [-0.05, 0) is 54.3 Å². The van der Waals surface area contributed by atoms with E-state index in [-0.39, 0.29) is 19.1 Å². The molecule has 0 unspecified atom stereocenters. The van der Waals surface area contributed by atoms with Gasteiger partial charge in [0, 0.05) is 0 Å². The molecule has 7 heteroatoms. The Bertz CT molecular complexity index is 791. The maximum Gasteiger partial charge on any atom is 0.276 e. The van der Waals surface area contributed by atoms with Gasteiger partial charge in [0.2, 0.25) is 0 Å². The summed E-state index contributed by atoms with van der Waals surface area (Å²) in [5.41, 5.74) is 6.52. The maximum atomic E-state index is 12.8. The Morgan fingerprint density at radius 2 is 1.56 bits per heavy atom. The van der Waals surface area contributed by atoms with E-state index in [2.05, 4.69) is 10.9 Å². The Labute approximate surface area is 157 Å². The van der Waals surface area contributed by atoms with Crippen molar-refractivity contribution in [3.05, 3.63) is 59.4 Å². The highest BCUT2D eigenvalue weighted by Gasteiger charge is 2.11. The molecule has 2 rings (SSSR count). The Morgan fingerprint density at radius 3 is 2.15 bits per heavy atom. The summed E-state index contributed by atoms with van der Waals surface area (Å²) in [7, 11) is 0. The van der Waals surface area contributed by atoms with Gasteiger partial charge in [0.15, 0.2) is 13.2 Å². The predicted molar refractivity (Wildman–Crippen MR) is 98.9 cm³/mol. The van der Waals surface area contributed by atoms with Gasteiger partial charge in [-0.2, -0.15) is 0 Å². The van der Waals surface area contributed by atoms with Crippen LogP contribution < -0.4 is 20.3 Å². The van der Waals surface area contributed by atoms with Crippen LogP contribution in [0.3, 0.4) is 0 Å². The summed E-state index contributed by atoms with van der Waals surface area (Å²) >= 11 is 0. The van der Waals surface area contributed by atoms with Crippen molar-refractivity contribution in [3.8, 4) is 11.5 Å². The molecule has 0 fully saturated rings. The number of carbonyl (C=O) groups is 2. The van der Waals surface area contributed by atoms with Crippen molar-refractivity contribution in [2.75, 3.05) is 13.2 Å². The second-order valence-corrected chi connectivity index (χ2v) is 6.32. The van der Waals surface area contributed by atoms with Gasteiger partial charge in [-0.25, -0.2) is 4.39 Å². The lowest BCUT2D eigenvalue weighted by molar-refractivity contribution is -0.131. The molecule has 0 aliphatic rings. The van der Waals surface area contributed by atoms with Gasteiger partial charge in [0.1, 0.15) is 17.3 Å². The number of halogens is 1. The molecule has 6 nitrogen and oxygen atoms in total. The van der Waals surface area contributed by atoms with Crippen LogP contribution in [0.2, 0.25) is 0 Å². The summed E-state index contributed by atoms with van der Waals surface area (Å²) in [6.45, 7) is 5.47. The van der Waals surface area contributed by atoms with Gasteiger partial charge < -0.3 is 9.47 Å². The van der Waals surface area contributed by atoms with E-state index >= 15 is 0 Å². The first-order valence-corrected chi connectivity index (χ1v) is 8.54. The zero-order chi connectivity index (χ0) is 19.8. The Hall–Kier alpha value is -3.09. The molecule has 144 valence electrons. The third-order valence-corrected chi connectivity index (χ3v) is 3.67. The third-order valence-electron chi connectivity index (χ3n) is 3.67. The number of hydrogen-bond donors (Lipinski definition) is 2. The molecule has 2 aromatic rings. The van der Waals surface area contributed by atoms with Crippen molar-refractivity contribution in [1.29, 1.82) is 0 Å². The van der Waals surface area contributed by atoms with Gasteiger partial charge in [-0.1, -0.05) is 26.0 Å². The summed E-state index contributed by atoms with van der Waals surface area (Å²) in [6, 6.07) is 11.1.